The van der Waals surface area contributed by atoms with Crippen molar-refractivity contribution in [3.8, 4) is 0 Å². The van der Waals surface area contributed by atoms with Gasteiger partial charge in [-0.1, -0.05) is 39.3 Å². The molecule has 0 aromatic heterocycles. The van der Waals surface area contributed by atoms with Gasteiger partial charge in [0.2, 0.25) is 0 Å². The lowest BCUT2D eigenvalue weighted by Crippen LogP contribution is -2.49. The maximum absolute atomic E-state index is 12.4. The lowest BCUT2D eigenvalue weighted by atomic mass is 9.47. The Kier molecular flexibility index (Phi) is 3.20. The minimum Gasteiger partial charge on any atom is -0.299 e. The smallest absolute Gasteiger partial charge is 0.136 e. The molecule has 0 aromatic carbocycles. The fourth-order valence-electron chi connectivity index (χ4n) is 6.87. The van der Waals surface area contributed by atoms with Gasteiger partial charge in [-0.3, -0.25) is 4.79 Å². The summed E-state index contributed by atoms with van der Waals surface area (Å²) < 4.78 is 0. The summed E-state index contributed by atoms with van der Waals surface area (Å²) in [7, 11) is 0. The minimum absolute atomic E-state index is 0.294. The van der Waals surface area contributed by atoms with Crippen LogP contribution in [-0.2, 0) is 4.79 Å². The standard InChI is InChI=1S/C21H32O/c1-13-7-9-21(4)15(11-13)5-6-16-17(21)8-10-20(3)14(2)19(22)12-18(16)20/h5,13-14,16-18H,6-12H2,1-4H3/t13?,14-,16-,17+,18+,20-,21+/m1/s1. The lowest BCUT2D eigenvalue weighted by molar-refractivity contribution is -0.121. The van der Waals surface area contributed by atoms with Gasteiger partial charge in [-0.05, 0) is 73.0 Å². The topological polar surface area (TPSA) is 17.1 Å². The summed E-state index contributed by atoms with van der Waals surface area (Å²) in [6.07, 6.45) is 11.5. The van der Waals surface area contributed by atoms with E-state index in [1.165, 1.54) is 38.5 Å². The number of rotatable bonds is 0. The van der Waals surface area contributed by atoms with E-state index in [4.69, 9.17) is 0 Å². The summed E-state index contributed by atoms with van der Waals surface area (Å²) in [5.41, 5.74) is 2.52. The van der Waals surface area contributed by atoms with Crippen LogP contribution in [0.1, 0.15) is 72.6 Å². The molecule has 0 heterocycles. The fourth-order valence-corrected chi connectivity index (χ4v) is 6.87. The van der Waals surface area contributed by atoms with Crippen molar-refractivity contribution in [2.75, 3.05) is 0 Å². The van der Waals surface area contributed by atoms with Gasteiger partial charge in [0.1, 0.15) is 5.78 Å². The van der Waals surface area contributed by atoms with Crippen molar-refractivity contribution in [3.05, 3.63) is 11.6 Å². The second-order valence-corrected chi connectivity index (χ2v) is 9.54. The first kappa shape index (κ1) is 15.0. The average molecular weight is 300 g/mol. The number of hydrogen-bond acceptors (Lipinski definition) is 1. The summed E-state index contributed by atoms with van der Waals surface area (Å²) in [6, 6.07) is 0. The van der Waals surface area contributed by atoms with Gasteiger partial charge in [0.05, 0.1) is 0 Å². The van der Waals surface area contributed by atoms with Crippen LogP contribution in [0.25, 0.3) is 0 Å². The van der Waals surface area contributed by atoms with Gasteiger partial charge in [0.25, 0.3) is 0 Å². The summed E-state index contributed by atoms with van der Waals surface area (Å²) in [5, 5.41) is 0. The average Bonchev–Trinajstić information content (AvgIpc) is 2.72. The summed E-state index contributed by atoms with van der Waals surface area (Å²) >= 11 is 0. The van der Waals surface area contributed by atoms with E-state index < -0.39 is 0 Å². The van der Waals surface area contributed by atoms with Gasteiger partial charge in [0.15, 0.2) is 0 Å². The lowest BCUT2D eigenvalue weighted by Gasteiger charge is -2.57. The number of carbonyl (C=O) groups excluding carboxylic acids is 1. The van der Waals surface area contributed by atoms with Crippen LogP contribution < -0.4 is 0 Å². The third kappa shape index (κ3) is 1.80. The van der Waals surface area contributed by atoms with E-state index in [2.05, 4.69) is 33.8 Å². The molecular formula is C21H32O. The van der Waals surface area contributed by atoms with Crippen molar-refractivity contribution in [2.45, 2.75) is 72.6 Å². The second kappa shape index (κ2) is 4.71. The minimum atomic E-state index is 0.294. The Balaban J connectivity index is 1.70. The van der Waals surface area contributed by atoms with E-state index in [-0.39, 0.29) is 0 Å². The molecule has 1 nitrogen and oxygen atoms in total. The first-order valence-corrected chi connectivity index (χ1v) is 9.58. The Labute approximate surface area is 135 Å². The third-order valence-corrected chi connectivity index (χ3v) is 8.68. The Bertz CT molecular complexity index is 532. The Morgan fingerprint density at radius 1 is 1.05 bits per heavy atom. The fraction of sp³-hybridized carbons (Fsp3) is 0.857. The Hall–Kier alpha value is -0.590. The number of ketones is 1. The number of hydrogen-bond donors (Lipinski definition) is 0. The van der Waals surface area contributed by atoms with Crippen LogP contribution in [0, 0.1) is 40.4 Å². The number of carbonyl (C=O) groups is 1. The quantitative estimate of drug-likeness (QED) is 0.547. The van der Waals surface area contributed by atoms with Crippen molar-refractivity contribution >= 4 is 5.78 Å². The first-order chi connectivity index (χ1) is 10.4. The molecule has 4 rings (SSSR count). The Morgan fingerprint density at radius 2 is 1.82 bits per heavy atom. The van der Waals surface area contributed by atoms with Crippen LogP contribution in [0.15, 0.2) is 11.6 Å². The van der Waals surface area contributed by atoms with Crippen LogP contribution >= 0.6 is 0 Å². The van der Waals surface area contributed by atoms with Crippen molar-refractivity contribution in [2.24, 2.45) is 40.4 Å². The zero-order chi connectivity index (χ0) is 15.7. The van der Waals surface area contributed by atoms with Gasteiger partial charge >= 0.3 is 0 Å². The van der Waals surface area contributed by atoms with Crippen molar-refractivity contribution < 1.29 is 4.79 Å². The van der Waals surface area contributed by atoms with Gasteiger partial charge < -0.3 is 0 Å². The van der Waals surface area contributed by atoms with Gasteiger partial charge in [-0.25, -0.2) is 0 Å². The molecule has 122 valence electrons. The Morgan fingerprint density at radius 3 is 2.59 bits per heavy atom. The molecule has 7 atom stereocenters. The summed E-state index contributed by atoms with van der Waals surface area (Å²) in [6.45, 7) is 9.61. The molecule has 1 heteroatoms. The molecule has 1 unspecified atom stereocenters. The van der Waals surface area contributed by atoms with E-state index in [1.54, 1.807) is 5.57 Å². The third-order valence-electron chi connectivity index (χ3n) is 8.68. The monoisotopic (exact) mass is 300 g/mol. The molecule has 3 saturated carbocycles. The molecular weight excluding hydrogens is 268 g/mol. The van der Waals surface area contributed by atoms with Crippen LogP contribution in [0.2, 0.25) is 0 Å². The maximum atomic E-state index is 12.4. The van der Waals surface area contributed by atoms with Crippen molar-refractivity contribution in [3.63, 3.8) is 0 Å². The predicted molar refractivity (Wildman–Crippen MR) is 90.4 cm³/mol. The molecule has 0 N–H and O–H groups in total. The molecule has 4 aliphatic rings. The zero-order valence-electron chi connectivity index (χ0n) is 14.8. The molecule has 3 fully saturated rings. The van der Waals surface area contributed by atoms with E-state index >= 15 is 0 Å². The SMILES string of the molecule is CC1CC[C@@]2(C)C(=CC[C@H]3[C@@H]4CC(=O)[C@@H](C)[C@@]4(C)CC[C@@H]32)C1. The largest absolute Gasteiger partial charge is 0.299 e. The molecule has 0 saturated heterocycles. The van der Waals surface area contributed by atoms with Crippen LogP contribution in [-0.4, -0.2) is 5.78 Å². The maximum Gasteiger partial charge on any atom is 0.136 e. The molecule has 0 aliphatic heterocycles. The first-order valence-electron chi connectivity index (χ1n) is 9.58. The highest BCUT2D eigenvalue weighted by Gasteiger charge is 2.59. The number of Topliss-reactive ketones (excluding diaryl/α,β-unsaturated/α-hetero) is 1. The van der Waals surface area contributed by atoms with Crippen LogP contribution in [0.4, 0.5) is 0 Å². The molecule has 4 aliphatic carbocycles. The molecule has 22 heavy (non-hydrogen) atoms. The highest BCUT2D eigenvalue weighted by molar-refractivity contribution is 5.84. The predicted octanol–water partition coefficient (Wildman–Crippen LogP) is 5.40. The normalized spacial score (nSPS) is 54.3. The molecule has 0 bridgehead atoms. The highest BCUT2D eigenvalue weighted by Crippen LogP contribution is 2.65. The van der Waals surface area contributed by atoms with Gasteiger partial charge in [-0.15, -0.1) is 0 Å². The molecule has 0 aromatic rings. The van der Waals surface area contributed by atoms with Crippen molar-refractivity contribution in [1.29, 1.82) is 0 Å². The number of fused-ring (bicyclic) bond motifs is 5. The second-order valence-electron chi connectivity index (χ2n) is 9.54. The highest BCUT2D eigenvalue weighted by atomic mass is 16.1. The van der Waals surface area contributed by atoms with Crippen molar-refractivity contribution in [1.82, 2.24) is 0 Å². The van der Waals surface area contributed by atoms with Crippen LogP contribution in [0.3, 0.4) is 0 Å². The number of allylic oxidation sites excluding steroid dienone is 2. The van der Waals surface area contributed by atoms with Gasteiger partial charge in [0, 0.05) is 12.3 Å². The van der Waals surface area contributed by atoms with E-state index in [0.717, 1.165) is 24.2 Å². The van der Waals surface area contributed by atoms with Crippen LogP contribution in [0.5, 0.6) is 0 Å². The van der Waals surface area contributed by atoms with E-state index in [1.807, 2.05) is 0 Å². The molecule has 0 spiro atoms. The van der Waals surface area contributed by atoms with E-state index in [0.29, 0.717) is 28.4 Å². The van der Waals surface area contributed by atoms with Gasteiger partial charge in [-0.2, -0.15) is 0 Å². The zero-order valence-corrected chi connectivity index (χ0v) is 14.8. The molecule has 0 radical (unpaired) electrons. The molecule has 0 amide bonds. The van der Waals surface area contributed by atoms with E-state index in [9.17, 15) is 4.79 Å². The summed E-state index contributed by atoms with van der Waals surface area (Å²) in [5.74, 6) is 3.99. The summed E-state index contributed by atoms with van der Waals surface area (Å²) in [4.78, 5) is 12.4.